The second-order valence-corrected chi connectivity index (χ2v) is 8.42. The third-order valence-corrected chi connectivity index (χ3v) is 6.47. The molecular formula is C24H23FN2O2S. The molecule has 0 unspecified atom stereocenters. The van der Waals surface area contributed by atoms with Crippen LogP contribution in [0, 0.1) is 5.82 Å². The number of halogens is 1. The number of ether oxygens (including phenoxy) is 1. The molecule has 1 amide bonds. The smallest absolute Gasteiger partial charge is 0.254 e. The number of hydrogen-bond donors (Lipinski definition) is 1. The average Bonchev–Trinajstić information content (AvgIpc) is 2.79. The maximum absolute atomic E-state index is 13.9. The van der Waals surface area contributed by atoms with Crippen molar-refractivity contribution in [2.45, 2.75) is 28.2 Å². The first-order chi connectivity index (χ1) is 14.7. The van der Waals surface area contributed by atoms with Crippen LogP contribution in [0.25, 0.3) is 0 Å². The number of rotatable bonds is 6. The molecule has 1 saturated heterocycles. The summed E-state index contributed by atoms with van der Waals surface area (Å²) in [6.07, 6.45) is 3.15. The fourth-order valence-electron chi connectivity index (χ4n) is 3.74. The minimum atomic E-state index is -0.342. The van der Waals surface area contributed by atoms with Crippen LogP contribution in [0.3, 0.4) is 0 Å². The molecule has 0 spiro atoms. The van der Waals surface area contributed by atoms with Gasteiger partial charge in [0.1, 0.15) is 10.8 Å². The van der Waals surface area contributed by atoms with Gasteiger partial charge < -0.3 is 10.1 Å². The fraction of sp³-hybridized carbons (Fsp3) is 0.250. The van der Waals surface area contributed by atoms with E-state index in [4.69, 9.17) is 4.74 Å². The van der Waals surface area contributed by atoms with Gasteiger partial charge in [-0.2, -0.15) is 0 Å². The van der Waals surface area contributed by atoms with E-state index in [1.54, 1.807) is 30.5 Å². The number of pyridine rings is 1. The number of hydrogen-bond acceptors (Lipinski definition) is 4. The zero-order chi connectivity index (χ0) is 20.8. The van der Waals surface area contributed by atoms with Crippen LogP contribution in [-0.4, -0.2) is 30.6 Å². The third kappa shape index (κ3) is 4.71. The molecule has 4 rings (SSSR count). The van der Waals surface area contributed by atoms with Crippen molar-refractivity contribution in [2.24, 2.45) is 0 Å². The summed E-state index contributed by atoms with van der Waals surface area (Å²) in [4.78, 5) is 18.5. The Labute approximate surface area is 179 Å². The molecule has 4 nitrogen and oxygen atoms in total. The Morgan fingerprint density at radius 2 is 1.87 bits per heavy atom. The van der Waals surface area contributed by atoms with Gasteiger partial charge in [-0.25, -0.2) is 9.37 Å². The van der Waals surface area contributed by atoms with Gasteiger partial charge in [-0.15, -0.1) is 0 Å². The Bertz CT molecular complexity index is 1010. The molecule has 3 aromatic rings. The monoisotopic (exact) mass is 422 g/mol. The standard InChI is InChI=1S/C24H23FN2O2S/c25-19-7-4-6-18(16-19)24(11-14-29-15-12-24)17-27-22(28)21-10-5-13-26-23(21)30-20-8-2-1-3-9-20/h1-10,13,16H,11-12,14-15,17H2,(H,27,28). The van der Waals surface area contributed by atoms with Crippen LogP contribution in [0.1, 0.15) is 28.8 Å². The first-order valence-corrected chi connectivity index (χ1v) is 10.8. The summed E-state index contributed by atoms with van der Waals surface area (Å²) in [6, 6.07) is 20.1. The fourth-order valence-corrected chi connectivity index (χ4v) is 4.64. The minimum Gasteiger partial charge on any atom is -0.381 e. The lowest BCUT2D eigenvalue weighted by Crippen LogP contribution is -2.44. The number of carbonyl (C=O) groups excluding carboxylic acids is 1. The molecule has 1 N–H and O–H groups in total. The van der Waals surface area contributed by atoms with E-state index in [-0.39, 0.29) is 17.1 Å². The van der Waals surface area contributed by atoms with Crippen molar-refractivity contribution in [2.75, 3.05) is 19.8 Å². The second-order valence-electron chi connectivity index (χ2n) is 7.36. The molecule has 0 bridgehead atoms. The van der Waals surface area contributed by atoms with Crippen molar-refractivity contribution in [1.29, 1.82) is 0 Å². The highest BCUT2D eigenvalue weighted by atomic mass is 32.2. The molecule has 1 fully saturated rings. The number of aromatic nitrogens is 1. The Balaban J connectivity index is 1.53. The summed E-state index contributed by atoms with van der Waals surface area (Å²) < 4.78 is 19.4. The van der Waals surface area contributed by atoms with Gasteiger partial charge in [-0.1, -0.05) is 42.1 Å². The van der Waals surface area contributed by atoms with E-state index >= 15 is 0 Å². The SMILES string of the molecule is O=C(NCC1(c2cccc(F)c2)CCOCC1)c1cccnc1Sc1ccccc1. The van der Waals surface area contributed by atoms with E-state index in [9.17, 15) is 9.18 Å². The van der Waals surface area contributed by atoms with E-state index in [0.717, 1.165) is 23.3 Å². The van der Waals surface area contributed by atoms with Crippen LogP contribution in [0.4, 0.5) is 4.39 Å². The van der Waals surface area contributed by atoms with Crippen molar-refractivity contribution in [3.63, 3.8) is 0 Å². The number of nitrogens with one attached hydrogen (secondary N) is 1. The highest BCUT2D eigenvalue weighted by molar-refractivity contribution is 7.99. The van der Waals surface area contributed by atoms with Crippen molar-refractivity contribution in [3.8, 4) is 0 Å². The van der Waals surface area contributed by atoms with Gasteiger partial charge in [0.25, 0.3) is 5.91 Å². The van der Waals surface area contributed by atoms with Gasteiger partial charge in [0.05, 0.1) is 5.56 Å². The molecule has 154 valence electrons. The molecule has 0 saturated carbocycles. The van der Waals surface area contributed by atoms with Crippen molar-refractivity contribution >= 4 is 17.7 Å². The quantitative estimate of drug-likeness (QED) is 0.617. The predicted octanol–water partition coefficient (Wildman–Crippen LogP) is 4.85. The van der Waals surface area contributed by atoms with E-state index < -0.39 is 0 Å². The first-order valence-electron chi connectivity index (χ1n) is 9.96. The number of nitrogens with zero attached hydrogens (tertiary/aromatic N) is 1. The molecule has 0 radical (unpaired) electrons. The molecule has 2 aromatic carbocycles. The summed E-state index contributed by atoms with van der Waals surface area (Å²) in [5.41, 5.74) is 1.09. The van der Waals surface area contributed by atoms with Gasteiger partial charge in [0.15, 0.2) is 0 Å². The summed E-state index contributed by atoms with van der Waals surface area (Å²) >= 11 is 1.46. The predicted molar refractivity (Wildman–Crippen MR) is 115 cm³/mol. The lowest BCUT2D eigenvalue weighted by Gasteiger charge is -2.38. The minimum absolute atomic E-state index is 0.177. The molecule has 0 aliphatic carbocycles. The molecule has 0 atom stereocenters. The van der Waals surface area contributed by atoms with E-state index in [1.807, 2.05) is 36.4 Å². The molecule has 1 aromatic heterocycles. The molecular weight excluding hydrogens is 399 g/mol. The van der Waals surface area contributed by atoms with Gasteiger partial charge in [0, 0.05) is 36.3 Å². The van der Waals surface area contributed by atoms with Crippen LogP contribution >= 0.6 is 11.8 Å². The summed E-state index contributed by atoms with van der Waals surface area (Å²) in [5, 5.41) is 3.74. The highest BCUT2D eigenvalue weighted by Crippen LogP contribution is 2.35. The van der Waals surface area contributed by atoms with Gasteiger partial charge in [-0.05, 0) is 54.8 Å². The summed E-state index contributed by atoms with van der Waals surface area (Å²) in [7, 11) is 0. The van der Waals surface area contributed by atoms with Crippen molar-refractivity contribution < 1.29 is 13.9 Å². The maximum Gasteiger partial charge on any atom is 0.254 e. The maximum atomic E-state index is 13.9. The van der Waals surface area contributed by atoms with Crippen LogP contribution in [0.15, 0.2) is 82.8 Å². The Hall–Kier alpha value is -2.70. The zero-order valence-electron chi connectivity index (χ0n) is 16.5. The molecule has 1 aliphatic rings. The van der Waals surface area contributed by atoms with Crippen LogP contribution in [0.5, 0.6) is 0 Å². The normalized spacial score (nSPS) is 15.5. The second kappa shape index (κ2) is 9.41. The average molecular weight is 423 g/mol. The number of carbonyl (C=O) groups is 1. The topological polar surface area (TPSA) is 51.2 Å². The number of benzene rings is 2. The molecule has 1 aliphatic heterocycles. The third-order valence-electron chi connectivity index (χ3n) is 5.45. The molecule has 6 heteroatoms. The van der Waals surface area contributed by atoms with Crippen molar-refractivity contribution in [3.05, 3.63) is 89.9 Å². The van der Waals surface area contributed by atoms with Gasteiger partial charge in [0.2, 0.25) is 0 Å². The molecule has 2 heterocycles. The van der Waals surface area contributed by atoms with Crippen LogP contribution < -0.4 is 5.32 Å². The van der Waals surface area contributed by atoms with E-state index in [2.05, 4.69) is 10.3 Å². The number of amides is 1. The Morgan fingerprint density at radius 3 is 2.63 bits per heavy atom. The highest BCUT2D eigenvalue weighted by Gasteiger charge is 2.35. The zero-order valence-corrected chi connectivity index (χ0v) is 17.3. The van der Waals surface area contributed by atoms with Crippen LogP contribution in [-0.2, 0) is 10.2 Å². The lowest BCUT2D eigenvalue weighted by atomic mass is 9.74. The van der Waals surface area contributed by atoms with E-state index in [1.165, 1.54) is 17.8 Å². The van der Waals surface area contributed by atoms with E-state index in [0.29, 0.717) is 30.3 Å². The lowest BCUT2D eigenvalue weighted by molar-refractivity contribution is 0.0486. The summed E-state index contributed by atoms with van der Waals surface area (Å²) in [6.45, 7) is 1.60. The van der Waals surface area contributed by atoms with Crippen molar-refractivity contribution in [1.82, 2.24) is 10.3 Å². The summed E-state index contributed by atoms with van der Waals surface area (Å²) in [5.74, 6) is -0.442. The van der Waals surface area contributed by atoms with Crippen LogP contribution in [0.2, 0.25) is 0 Å². The Kier molecular flexibility index (Phi) is 6.45. The van der Waals surface area contributed by atoms with Gasteiger partial charge in [-0.3, -0.25) is 4.79 Å². The Morgan fingerprint density at radius 1 is 1.07 bits per heavy atom. The molecule has 30 heavy (non-hydrogen) atoms. The first kappa shape index (κ1) is 20.6. The van der Waals surface area contributed by atoms with Gasteiger partial charge >= 0.3 is 0 Å². The largest absolute Gasteiger partial charge is 0.381 e.